The smallest absolute Gasteiger partial charge is 0.241 e. The molecule has 2 aliphatic rings. The van der Waals surface area contributed by atoms with Crippen molar-refractivity contribution in [2.45, 2.75) is 58.2 Å². The van der Waals surface area contributed by atoms with E-state index >= 15 is 0 Å². The molecule has 0 bridgehead atoms. The van der Waals surface area contributed by atoms with Gasteiger partial charge in [0, 0.05) is 37.1 Å². The van der Waals surface area contributed by atoms with Gasteiger partial charge in [0.25, 0.3) is 0 Å². The first-order valence-corrected chi connectivity index (χ1v) is 8.12. The van der Waals surface area contributed by atoms with Gasteiger partial charge in [0.05, 0.1) is 6.10 Å². The van der Waals surface area contributed by atoms with Crippen LogP contribution in [0.4, 0.5) is 0 Å². The van der Waals surface area contributed by atoms with Crippen molar-refractivity contribution >= 4 is 30.7 Å². The van der Waals surface area contributed by atoms with E-state index < -0.39 is 5.54 Å². The molecule has 2 rings (SSSR count). The lowest BCUT2D eigenvalue weighted by molar-refractivity contribution is -0.225. The molecule has 3 unspecified atom stereocenters. The highest BCUT2D eigenvalue weighted by molar-refractivity contribution is 5.89. The van der Waals surface area contributed by atoms with Crippen molar-refractivity contribution in [2.24, 2.45) is 17.1 Å². The van der Waals surface area contributed by atoms with Gasteiger partial charge in [-0.25, -0.2) is 0 Å². The van der Waals surface area contributed by atoms with E-state index in [1.165, 1.54) is 0 Å². The van der Waals surface area contributed by atoms with Gasteiger partial charge in [-0.05, 0) is 33.7 Å². The van der Waals surface area contributed by atoms with Crippen molar-refractivity contribution in [1.29, 1.82) is 0 Å². The molecule has 3 atom stereocenters. The average molecular weight is 370 g/mol. The molecule has 1 saturated carbocycles. The number of hydrogen-bond acceptors (Lipinski definition) is 4. The summed E-state index contributed by atoms with van der Waals surface area (Å²) >= 11 is 0. The lowest BCUT2D eigenvalue weighted by Gasteiger charge is -2.65. The molecule has 0 aromatic carbocycles. The van der Waals surface area contributed by atoms with Crippen LogP contribution >= 0.6 is 24.8 Å². The molecule has 23 heavy (non-hydrogen) atoms. The zero-order valence-electron chi connectivity index (χ0n) is 14.9. The van der Waals surface area contributed by atoms with E-state index in [2.05, 4.69) is 45.0 Å². The summed E-state index contributed by atoms with van der Waals surface area (Å²) < 4.78 is 5.84. The molecule has 3 N–H and O–H groups in total. The zero-order valence-corrected chi connectivity index (χ0v) is 16.6. The Bertz CT molecular complexity index is 407. The van der Waals surface area contributed by atoms with Crippen LogP contribution in [-0.4, -0.2) is 55.2 Å². The number of amides is 1. The van der Waals surface area contributed by atoms with Crippen LogP contribution < -0.4 is 11.1 Å². The maximum Gasteiger partial charge on any atom is 0.241 e. The Balaban J connectivity index is 0.00000242. The monoisotopic (exact) mass is 369 g/mol. The van der Waals surface area contributed by atoms with Crippen LogP contribution in [0, 0.1) is 11.3 Å². The second-order valence-electron chi connectivity index (χ2n) is 7.46. The fourth-order valence-electron chi connectivity index (χ4n) is 3.79. The number of carbonyl (C=O) groups excluding carboxylic acids is 1. The van der Waals surface area contributed by atoms with Gasteiger partial charge in [0.2, 0.25) is 5.91 Å². The SMILES string of the molecule is CC(C)N(C)CCNC(=O)C1(N)C2CCCOC2C1(C)C.Cl.Cl. The molecule has 0 spiro atoms. The summed E-state index contributed by atoms with van der Waals surface area (Å²) in [5.74, 6) is 0.139. The summed E-state index contributed by atoms with van der Waals surface area (Å²) in [4.78, 5) is 14.9. The molecule has 7 heteroatoms. The molecule has 1 aliphatic carbocycles. The predicted octanol–water partition coefficient (Wildman–Crippen LogP) is 1.82. The third kappa shape index (κ3) is 3.79. The fourth-order valence-corrected chi connectivity index (χ4v) is 3.79. The number of nitrogens with one attached hydrogen (secondary N) is 1. The Morgan fingerprint density at radius 2 is 2.00 bits per heavy atom. The Kier molecular flexibility index (Phi) is 8.32. The quantitative estimate of drug-likeness (QED) is 0.775. The summed E-state index contributed by atoms with van der Waals surface area (Å²) in [5, 5.41) is 3.04. The summed E-state index contributed by atoms with van der Waals surface area (Å²) in [6.07, 6.45) is 2.11. The number of rotatable bonds is 5. The first-order chi connectivity index (χ1) is 9.73. The first kappa shape index (κ1) is 22.9. The number of halogens is 2. The minimum absolute atomic E-state index is 0. The van der Waals surface area contributed by atoms with Gasteiger partial charge in [0.1, 0.15) is 5.54 Å². The van der Waals surface area contributed by atoms with Crippen LogP contribution in [0.25, 0.3) is 0 Å². The molecule has 0 radical (unpaired) electrons. The summed E-state index contributed by atoms with van der Waals surface area (Å²) in [5.41, 5.74) is 5.45. The van der Waals surface area contributed by atoms with Gasteiger partial charge in [-0.1, -0.05) is 13.8 Å². The minimum atomic E-state index is -0.797. The highest BCUT2D eigenvalue weighted by Gasteiger charge is 2.70. The van der Waals surface area contributed by atoms with Gasteiger partial charge >= 0.3 is 0 Å². The first-order valence-electron chi connectivity index (χ1n) is 8.12. The summed E-state index contributed by atoms with van der Waals surface area (Å²) in [6, 6.07) is 0.477. The maximum atomic E-state index is 12.7. The number of nitrogens with zero attached hydrogens (tertiary/aromatic N) is 1. The fraction of sp³-hybridized carbons (Fsp3) is 0.938. The van der Waals surface area contributed by atoms with Gasteiger partial charge < -0.3 is 20.7 Å². The van der Waals surface area contributed by atoms with Crippen LogP contribution in [-0.2, 0) is 9.53 Å². The number of likely N-dealkylation sites (N-methyl/N-ethyl adjacent to an activating group) is 1. The zero-order chi connectivity index (χ0) is 15.8. The molecule has 138 valence electrons. The Morgan fingerprint density at radius 1 is 1.39 bits per heavy atom. The van der Waals surface area contributed by atoms with Gasteiger partial charge in [-0.2, -0.15) is 0 Å². The number of nitrogens with two attached hydrogens (primary N) is 1. The molecular weight excluding hydrogens is 337 g/mol. The third-order valence-electron chi connectivity index (χ3n) is 5.69. The Hall–Kier alpha value is -0.0700. The van der Waals surface area contributed by atoms with E-state index in [1.807, 2.05) is 0 Å². The highest BCUT2D eigenvalue weighted by Crippen LogP contribution is 2.57. The molecule has 0 aromatic rings. The summed E-state index contributed by atoms with van der Waals surface area (Å²) in [7, 11) is 2.06. The summed E-state index contributed by atoms with van der Waals surface area (Å²) in [6.45, 7) is 10.7. The standard InChI is InChI=1S/C16H31N3O2.2ClH/c1-11(2)19(5)9-8-18-14(20)16(17)12-7-6-10-21-13(12)15(16,3)4;;/h11-13H,6-10,17H2,1-5H3,(H,18,20);2*1H. The van der Waals surface area contributed by atoms with E-state index in [9.17, 15) is 4.79 Å². The van der Waals surface area contributed by atoms with Crippen LogP contribution in [0.3, 0.4) is 0 Å². The number of fused-ring (bicyclic) bond motifs is 1. The molecule has 5 nitrogen and oxygen atoms in total. The van der Waals surface area contributed by atoms with Gasteiger partial charge in [-0.3, -0.25) is 4.79 Å². The second-order valence-corrected chi connectivity index (χ2v) is 7.46. The normalized spacial score (nSPS) is 31.5. The van der Waals surface area contributed by atoms with Gasteiger partial charge in [-0.15, -0.1) is 24.8 Å². The maximum absolute atomic E-state index is 12.7. The molecule has 1 aliphatic heterocycles. The minimum Gasteiger partial charge on any atom is -0.377 e. The number of hydrogen-bond donors (Lipinski definition) is 2. The second kappa shape index (κ2) is 8.34. The van der Waals surface area contributed by atoms with E-state index in [0.717, 1.165) is 26.0 Å². The van der Waals surface area contributed by atoms with Crippen molar-refractivity contribution < 1.29 is 9.53 Å². The molecule has 0 aromatic heterocycles. The van der Waals surface area contributed by atoms with Crippen molar-refractivity contribution in [1.82, 2.24) is 10.2 Å². The van der Waals surface area contributed by atoms with Crippen molar-refractivity contribution in [3.8, 4) is 0 Å². The van der Waals surface area contributed by atoms with Crippen molar-refractivity contribution in [3.63, 3.8) is 0 Å². The van der Waals surface area contributed by atoms with Gasteiger partial charge in [0.15, 0.2) is 0 Å². The number of ether oxygens (including phenoxy) is 1. The molecule has 1 amide bonds. The Morgan fingerprint density at radius 3 is 2.57 bits per heavy atom. The van der Waals surface area contributed by atoms with Crippen LogP contribution in [0.5, 0.6) is 0 Å². The molecule has 1 saturated heterocycles. The van der Waals surface area contributed by atoms with Crippen molar-refractivity contribution in [3.05, 3.63) is 0 Å². The lowest BCUT2D eigenvalue weighted by atomic mass is 9.46. The average Bonchev–Trinajstić information content (AvgIpc) is 2.45. The Labute approximate surface area is 152 Å². The van der Waals surface area contributed by atoms with Crippen LogP contribution in [0.1, 0.15) is 40.5 Å². The molecular formula is C16H33Cl2N3O2. The van der Waals surface area contributed by atoms with Crippen LogP contribution in [0.2, 0.25) is 0 Å². The molecule has 1 heterocycles. The largest absolute Gasteiger partial charge is 0.377 e. The van der Waals surface area contributed by atoms with Crippen LogP contribution in [0.15, 0.2) is 0 Å². The topological polar surface area (TPSA) is 67.6 Å². The molecule has 2 fully saturated rings. The predicted molar refractivity (Wildman–Crippen MR) is 98.4 cm³/mol. The van der Waals surface area contributed by atoms with Crippen molar-refractivity contribution in [2.75, 3.05) is 26.7 Å². The van der Waals surface area contributed by atoms with E-state index in [1.54, 1.807) is 0 Å². The third-order valence-corrected chi connectivity index (χ3v) is 5.69. The highest BCUT2D eigenvalue weighted by atomic mass is 35.5. The number of carbonyl (C=O) groups is 1. The van der Waals surface area contributed by atoms with E-state index in [4.69, 9.17) is 10.5 Å². The van der Waals surface area contributed by atoms with E-state index in [0.29, 0.717) is 12.6 Å². The lowest BCUT2D eigenvalue weighted by Crippen LogP contribution is -2.82. The van der Waals surface area contributed by atoms with E-state index in [-0.39, 0.29) is 48.2 Å².